The zero-order valence-corrected chi connectivity index (χ0v) is 18.0. The number of nitrogens with one attached hydrogen (secondary N) is 2. The van der Waals surface area contributed by atoms with Gasteiger partial charge in [-0.25, -0.2) is 4.39 Å². The van der Waals surface area contributed by atoms with Crippen LogP contribution in [-0.2, 0) is 22.4 Å². The van der Waals surface area contributed by atoms with Gasteiger partial charge in [-0.1, -0.05) is 24.3 Å². The van der Waals surface area contributed by atoms with Crippen molar-refractivity contribution in [3.05, 3.63) is 65.5 Å². The predicted octanol–water partition coefficient (Wildman–Crippen LogP) is 3.07. The maximum atomic E-state index is 13.2. The maximum Gasteiger partial charge on any atom is 0.224 e. The molecule has 5 nitrogen and oxygen atoms in total. The molecule has 2 heterocycles. The lowest BCUT2D eigenvalue weighted by Gasteiger charge is -2.35. The summed E-state index contributed by atoms with van der Waals surface area (Å²) in [5.74, 6) is -0.250. The number of nitrogens with zero attached hydrogens (tertiary/aromatic N) is 1. The molecule has 2 N–H and O–H groups in total. The molecular weight excluding hydrogens is 393 g/mol. The number of piperidine rings is 1. The normalized spacial score (nSPS) is 19.5. The highest BCUT2D eigenvalue weighted by molar-refractivity contribution is 5.78. The third kappa shape index (κ3) is 6.52. The first kappa shape index (κ1) is 21.8. The fourth-order valence-electron chi connectivity index (χ4n) is 4.41. The van der Waals surface area contributed by atoms with Crippen LogP contribution < -0.4 is 15.5 Å². The van der Waals surface area contributed by atoms with E-state index in [1.165, 1.54) is 17.8 Å². The quantitative estimate of drug-likeness (QED) is 0.683. The van der Waals surface area contributed by atoms with E-state index in [1.807, 2.05) is 18.2 Å². The zero-order chi connectivity index (χ0) is 21.5. The van der Waals surface area contributed by atoms with Gasteiger partial charge >= 0.3 is 0 Å². The monoisotopic (exact) mass is 425 g/mol. The lowest BCUT2D eigenvalue weighted by Crippen LogP contribution is -2.46. The number of rotatable bonds is 8. The van der Waals surface area contributed by atoms with E-state index < -0.39 is 0 Å². The Morgan fingerprint density at radius 3 is 2.55 bits per heavy atom. The van der Waals surface area contributed by atoms with Crippen LogP contribution in [0.4, 0.5) is 10.1 Å². The Morgan fingerprint density at radius 1 is 1.03 bits per heavy atom. The highest BCUT2D eigenvalue weighted by Gasteiger charge is 2.24. The molecule has 1 amide bonds. The van der Waals surface area contributed by atoms with Crippen molar-refractivity contribution in [2.75, 3.05) is 37.7 Å². The molecule has 0 bridgehead atoms. The molecule has 2 aliphatic rings. The van der Waals surface area contributed by atoms with Crippen molar-refractivity contribution in [1.82, 2.24) is 10.6 Å². The standard InChI is InChI=1S/C25H32FN3O2/c26-21-3-1-2-19(16-21)8-12-27-25(30)17-20-4-6-24(7-5-20)29-13-9-22(10-14-29)28-23-11-15-31-18-23/h1-7,16,22-23,28H,8-15,17-18H2,(H,27,30). The molecule has 0 saturated carbocycles. The molecule has 6 heteroatoms. The molecule has 2 aromatic rings. The van der Waals surface area contributed by atoms with E-state index in [9.17, 15) is 9.18 Å². The molecule has 0 radical (unpaired) electrons. The second-order valence-corrected chi connectivity index (χ2v) is 8.56. The van der Waals surface area contributed by atoms with Crippen LogP contribution in [0.5, 0.6) is 0 Å². The van der Waals surface area contributed by atoms with Gasteiger partial charge in [0, 0.05) is 44.0 Å². The summed E-state index contributed by atoms with van der Waals surface area (Å²) in [7, 11) is 0. The van der Waals surface area contributed by atoms with E-state index >= 15 is 0 Å². The molecule has 1 atom stereocenters. The first-order chi connectivity index (χ1) is 15.2. The number of anilines is 1. The minimum absolute atomic E-state index is 0.00747. The van der Waals surface area contributed by atoms with Crippen molar-refractivity contribution < 1.29 is 13.9 Å². The Morgan fingerprint density at radius 2 is 1.84 bits per heavy atom. The highest BCUT2D eigenvalue weighted by Crippen LogP contribution is 2.21. The fraction of sp³-hybridized carbons (Fsp3) is 0.480. The summed E-state index contributed by atoms with van der Waals surface area (Å²) in [4.78, 5) is 14.6. The molecule has 2 fully saturated rings. The maximum absolute atomic E-state index is 13.2. The summed E-state index contributed by atoms with van der Waals surface area (Å²) in [5, 5.41) is 6.66. The van der Waals surface area contributed by atoms with Crippen molar-refractivity contribution in [3.8, 4) is 0 Å². The Balaban J connectivity index is 1.18. The smallest absolute Gasteiger partial charge is 0.224 e. The molecule has 0 aromatic heterocycles. The van der Waals surface area contributed by atoms with Gasteiger partial charge in [-0.15, -0.1) is 0 Å². The van der Waals surface area contributed by atoms with Gasteiger partial charge in [0.2, 0.25) is 5.91 Å². The van der Waals surface area contributed by atoms with Crippen LogP contribution in [0.2, 0.25) is 0 Å². The molecular formula is C25H32FN3O2. The third-order valence-corrected chi connectivity index (χ3v) is 6.19. The number of hydrogen-bond donors (Lipinski definition) is 2. The minimum atomic E-state index is -0.243. The van der Waals surface area contributed by atoms with E-state index in [2.05, 4.69) is 27.7 Å². The Hall–Kier alpha value is -2.44. The van der Waals surface area contributed by atoms with Gasteiger partial charge in [-0.2, -0.15) is 0 Å². The first-order valence-electron chi connectivity index (χ1n) is 11.3. The number of halogens is 1. The first-order valence-corrected chi connectivity index (χ1v) is 11.3. The average Bonchev–Trinajstić information content (AvgIpc) is 3.28. The molecule has 2 aromatic carbocycles. The van der Waals surface area contributed by atoms with E-state index in [1.54, 1.807) is 6.07 Å². The number of benzene rings is 2. The van der Waals surface area contributed by atoms with Crippen LogP contribution in [0, 0.1) is 5.82 Å². The van der Waals surface area contributed by atoms with Crippen molar-refractivity contribution >= 4 is 11.6 Å². The number of hydrogen-bond acceptors (Lipinski definition) is 4. The largest absolute Gasteiger partial charge is 0.380 e. The van der Waals surface area contributed by atoms with Crippen LogP contribution in [0.3, 0.4) is 0 Å². The lowest BCUT2D eigenvalue weighted by molar-refractivity contribution is -0.120. The summed E-state index contributed by atoms with van der Waals surface area (Å²) in [6.07, 6.45) is 4.40. The summed E-state index contributed by atoms with van der Waals surface area (Å²) in [5.41, 5.74) is 3.11. The molecule has 2 saturated heterocycles. The lowest BCUT2D eigenvalue weighted by atomic mass is 10.0. The van der Waals surface area contributed by atoms with E-state index in [4.69, 9.17) is 4.74 Å². The zero-order valence-electron chi connectivity index (χ0n) is 18.0. The Kier molecular flexibility index (Phi) is 7.54. The summed E-state index contributed by atoms with van der Waals surface area (Å²) in [6, 6.07) is 15.9. The topological polar surface area (TPSA) is 53.6 Å². The number of ether oxygens (including phenoxy) is 1. The molecule has 2 aliphatic heterocycles. The number of amides is 1. The van der Waals surface area contributed by atoms with Crippen LogP contribution in [0.25, 0.3) is 0 Å². The third-order valence-electron chi connectivity index (χ3n) is 6.19. The molecule has 31 heavy (non-hydrogen) atoms. The van der Waals surface area contributed by atoms with Gasteiger partial charge in [0.25, 0.3) is 0 Å². The van der Waals surface area contributed by atoms with E-state index in [-0.39, 0.29) is 11.7 Å². The van der Waals surface area contributed by atoms with Gasteiger partial charge in [0.1, 0.15) is 5.82 Å². The summed E-state index contributed by atoms with van der Waals surface area (Å²) < 4.78 is 18.7. The van der Waals surface area contributed by atoms with Crippen molar-refractivity contribution in [2.24, 2.45) is 0 Å². The van der Waals surface area contributed by atoms with Crippen LogP contribution >= 0.6 is 0 Å². The Labute approximate surface area is 184 Å². The SMILES string of the molecule is O=C(Cc1ccc(N2CCC(NC3CCOC3)CC2)cc1)NCCc1cccc(F)c1. The second-order valence-electron chi connectivity index (χ2n) is 8.56. The molecule has 4 rings (SSSR count). The van der Waals surface area contributed by atoms with E-state index in [0.29, 0.717) is 31.5 Å². The Bertz CT molecular complexity index is 844. The van der Waals surface area contributed by atoms with Crippen LogP contribution in [-0.4, -0.2) is 50.8 Å². The van der Waals surface area contributed by atoms with Crippen LogP contribution in [0.15, 0.2) is 48.5 Å². The molecule has 1 unspecified atom stereocenters. The van der Waals surface area contributed by atoms with Crippen molar-refractivity contribution in [1.29, 1.82) is 0 Å². The average molecular weight is 426 g/mol. The van der Waals surface area contributed by atoms with Crippen molar-refractivity contribution in [2.45, 2.75) is 44.2 Å². The summed E-state index contributed by atoms with van der Waals surface area (Å²) in [6.45, 7) is 4.33. The van der Waals surface area contributed by atoms with Crippen LogP contribution in [0.1, 0.15) is 30.4 Å². The minimum Gasteiger partial charge on any atom is -0.380 e. The fourth-order valence-corrected chi connectivity index (χ4v) is 4.41. The second kappa shape index (κ2) is 10.7. The predicted molar refractivity (Wildman–Crippen MR) is 121 cm³/mol. The molecule has 0 aliphatic carbocycles. The number of carbonyl (C=O) groups excluding carboxylic acids is 1. The van der Waals surface area contributed by atoms with E-state index in [0.717, 1.165) is 56.7 Å². The molecule has 166 valence electrons. The van der Waals surface area contributed by atoms with Gasteiger partial charge in [-0.3, -0.25) is 4.79 Å². The number of carbonyl (C=O) groups is 1. The van der Waals surface area contributed by atoms with Gasteiger partial charge in [0.05, 0.1) is 13.0 Å². The highest BCUT2D eigenvalue weighted by atomic mass is 19.1. The van der Waals surface area contributed by atoms with Gasteiger partial charge in [0.15, 0.2) is 0 Å². The van der Waals surface area contributed by atoms with Gasteiger partial charge < -0.3 is 20.3 Å². The van der Waals surface area contributed by atoms with Crippen molar-refractivity contribution in [3.63, 3.8) is 0 Å². The molecule has 0 spiro atoms. The van der Waals surface area contributed by atoms with Gasteiger partial charge in [-0.05, 0) is 61.1 Å². The summed E-state index contributed by atoms with van der Waals surface area (Å²) >= 11 is 0.